The molecule has 0 bridgehead atoms. The van der Waals surface area contributed by atoms with E-state index in [9.17, 15) is 5.11 Å². The highest BCUT2D eigenvalue weighted by molar-refractivity contribution is 6.15. The van der Waals surface area contributed by atoms with E-state index < -0.39 is 0 Å². The molecule has 9 aromatic carbocycles. The summed E-state index contributed by atoms with van der Waals surface area (Å²) in [4.78, 5) is 10.6. The number of pyridine rings is 1. The number of furan rings is 1. The maximum Gasteiger partial charge on any atom is 0.227 e. The molecule has 1 N–H and O–H groups in total. The van der Waals surface area contributed by atoms with Crippen molar-refractivity contribution >= 4 is 43.9 Å². The number of imidazole rings is 1. The molecule has 0 atom stereocenters. The van der Waals surface area contributed by atoms with Gasteiger partial charge in [0.1, 0.15) is 17.2 Å². The molecule has 0 aliphatic rings. The molecular formula is C68H57N3O2. The number of phenolic OH excluding ortho intramolecular Hbond substituents is 1. The van der Waals surface area contributed by atoms with E-state index in [0.717, 1.165) is 77.4 Å². The van der Waals surface area contributed by atoms with Crippen molar-refractivity contribution in [2.75, 3.05) is 0 Å². The second kappa shape index (κ2) is 17.9. The predicted molar refractivity (Wildman–Crippen MR) is 305 cm³/mol. The van der Waals surface area contributed by atoms with E-state index in [1.165, 1.54) is 38.9 Å². The molecule has 5 heteroatoms. The summed E-state index contributed by atoms with van der Waals surface area (Å²) in [7, 11) is 0. The van der Waals surface area contributed by atoms with Crippen LogP contribution in [0, 0.1) is 0 Å². The van der Waals surface area contributed by atoms with Gasteiger partial charge in [-0.25, -0.2) is 9.97 Å². The Kier molecular flexibility index (Phi) is 11.2. The number of hydrogen-bond donors (Lipinski definition) is 1. The van der Waals surface area contributed by atoms with Crippen LogP contribution in [0.1, 0.15) is 77.0 Å². The fraction of sp³-hybridized carbons (Fsp3) is 0.147. The van der Waals surface area contributed by atoms with Gasteiger partial charge in [-0.05, 0) is 139 Å². The monoisotopic (exact) mass is 947 g/mol. The van der Waals surface area contributed by atoms with Crippen LogP contribution in [-0.2, 0) is 5.41 Å². The Labute approximate surface area is 427 Å². The summed E-state index contributed by atoms with van der Waals surface area (Å²) in [5.74, 6) is 1.52. The summed E-state index contributed by atoms with van der Waals surface area (Å²) < 4.78 is 8.98. The van der Waals surface area contributed by atoms with Crippen molar-refractivity contribution in [3.8, 4) is 78.6 Å². The minimum atomic E-state index is -0.0612. The maximum absolute atomic E-state index is 11.4. The topological polar surface area (TPSA) is 64.1 Å². The third-order valence-corrected chi connectivity index (χ3v) is 14.6. The molecule has 3 heterocycles. The second-order valence-corrected chi connectivity index (χ2v) is 21.1. The number of aromatic hydroxyl groups is 1. The van der Waals surface area contributed by atoms with Crippen molar-refractivity contribution in [3.63, 3.8) is 0 Å². The lowest BCUT2D eigenvalue weighted by Crippen LogP contribution is -2.12. The lowest BCUT2D eigenvalue weighted by molar-refractivity contribution is 0.477. The number of rotatable bonds is 9. The van der Waals surface area contributed by atoms with E-state index >= 15 is 0 Å². The van der Waals surface area contributed by atoms with Gasteiger partial charge in [-0.3, -0.25) is 4.57 Å². The van der Waals surface area contributed by atoms with E-state index in [1.807, 2.05) is 18.2 Å². The molecule has 0 aliphatic heterocycles. The molecule has 0 fully saturated rings. The Morgan fingerprint density at radius 1 is 0.479 bits per heavy atom. The summed E-state index contributed by atoms with van der Waals surface area (Å²) in [6, 6.07) is 70.6. The van der Waals surface area contributed by atoms with Crippen LogP contribution in [0.5, 0.6) is 5.75 Å². The third-order valence-electron chi connectivity index (χ3n) is 14.6. The Hall–Kier alpha value is -8.54. The Morgan fingerprint density at radius 3 is 1.85 bits per heavy atom. The fourth-order valence-corrected chi connectivity index (χ4v) is 10.8. The largest absolute Gasteiger partial charge is 0.507 e. The minimum absolute atomic E-state index is 0.0612. The number of fused-ring (bicyclic) bond motifs is 6. The van der Waals surface area contributed by atoms with Crippen LogP contribution in [0.2, 0.25) is 0 Å². The van der Waals surface area contributed by atoms with Crippen LogP contribution >= 0.6 is 0 Å². The van der Waals surface area contributed by atoms with Crippen LogP contribution in [0.15, 0.2) is 205 Å². The maximum atomic E-state index is 11.4. The van der Waals surface area contributed by atoms with Gasteiger partial charge in [-0.1, -0.05) is 182 Å². The molecule has 12 rings (SSSR count). The zero-order chi connectivity index (χ0) is 50.1. The molecule has 12 aromatic rings. The number of aromatic nitrogens is 3. The van der Waals surface area contributed by atoms with Crippen LogP contribution in [0.4, 0.5) is 0 Å². The van der Waals surface area contributed by atoms with Gasteiger partial charge in [0.25, 0.3) is 0 Å². The van der Waals surface area contributed by atoms with Gasteiger partial charge in [-0.2, -0.15) is 0 Å². The molecule has 0 saturated carbocycles. The van der Waals surface area contributed by atoms with Crippen molar-refractivity contribution in [2.45, 2.75) is 65.7 Å². The quantitative estimate of drug-likeness (QED) is 0.157. The van der Waals surface area contributed by atoms with Crippen LogP contribution < -0.4 is 0 Å². The van der Waals surface area contributed by atoms with E-state index in [4.69, 9.17) is 14.4 Å². The molecule has 5 nitrogen and oxygen atoms in total. The van der Waals surface area contributed by atoms with Crippen LogP contribution in [0.3, 0.4) is 0 Å². The first-order valence-electron chi connectivity index (χ1n) is 25.5. The smallest absolute Gasteiger partial charge is 0.227 e. The highest BCUT2D eigenvalue weighted by atomic mass is 16.3. The standard InChI is InChI=1S/C68H57N3O2/c1-41(2)56-38-49(43-18-10-8-11-19-43)39-57(42(3)4)63(56)48-29-31-52-46(37-48)28-32-53-54-33-34-59(69-67(54)73-65(52)53)47-23-16-22-45(36-47)51-25-17-26-61-64(51)70-66(55-24-14-15-27-62(55)72)71(61)60-35-30-50(68(5,6)7)40-58(60)44-20-12-9-13-21-44/h8-42,72H,1-7H3. The zero-order valence-electron chi connectivity index (χ0n) is 42.4. The van der Waals surface area contributed by atoms with Gasteiger partial charge >= 0.3 is 0 Å². The first-order valence-corrected chi connectivity index (χ1v) is 25.5. The van der Waals surface area contributed by atoms with Gasteiger partial charge in [-0.15, -0.1) is 0 Å². The number of phenols is 1. The lowest BCUT2D eigenvalue weighted by Gasteiger charge is -2.23. The summed E-state index contributed by atoms with van der Waals surface area (Å²) in [5, 5.41) is 15.6. The first kappa shape index (κ1) is 45.6. The summed E-state index contributed by atoms with van der Waals surface area (Å²) in [5.41, 5.74) is 19.8. The van der Waals surface area contributed by atoms with Gasteiger partial charge in [0, 0.05) is 32.8 Å². The number of nitrogens with zero attached hydrogens (tertiary/aromatic N) is 3. The van der Waals surface area contributed by atoms with Crippen LogP contribution in [0.25, 0.3) is 117 Å². The zero-order valence-corrected chi connectivity index (χ0v) is 42.4. The van der Waals surface area contributed by atoms with Gasteiger partial charge in [0.2, 0.25) is 5.71 Å². The molecule has 356 valence electrons. The molecule has 0 spiro atoms. The molecule has 0 saturated heterocycles. The molecule has 3 aromatic heterocycles. The van der Waals surface area contributed by atoms with Crippen LogP contribution in [-0.4, -0.2) is 19.6 Å². The Balaban J connectivity index is 0.950. The first-order chi connectivity index (χ1) is 35.4. The van der Waals surface area contributed by atoms with Crippen molar-refractivity contribution in [1.82, 2.24) is 14.5 Å². The highest BCUT2D eigenvalue weighted by Gasteiger charge is 2.25. The van der Waals surface area contributed by atoms with Gasteiger partial charge < -0.3 is 9.52 Å². The number of para-hydroxylation sites is 2. The Bertz CT molecular complexity index is 4050. The van der Waals surface area contributed by atoms with Crippen molar-refractivity contribution in [2.24, 2.45) is 0 Å². The van der Waals surface area contributed by atoms with Crippen molar-refractivity contribution < 1.29 is 9.52 Å². The molecular weight excluding hydrogens is 891 g/mol. The molecule has 0 amide bonds. The van der Waals surface area contributed by atoms with E-state index in [2.05, 4.69) is 229 Å². The average molecular weight is 948 g/mol. The molecule has 0 radical (unpaired) electrons. The van der Waals surface area contributed by atoms with Gasteiger partial charge in [0.15, 0.2) is 0 Å². The Morgan fingerprint density at radius 2 is 1.12 bits per heavy atom. The molecule has 73 heavy (non-hydrogen) atoms. The van der Waals surface area contributed by atoms with E-state index in [0.29, 0.717) is 28.9 Å². The normalized spacial score (nSPS) is 12.1. The number of benzene rings is 9. The SMILES string of the molecule is CC(C)c1cc(-c2ccccc2)cc(C(C)C)c1-c1ccc2c(ccc3c4ccc(-c5cccc(-c6cccc7c6nc(-c6ccccc6O)n7-c6ccc(C(C)(C)C)cc6-c6ccccc6)c5)nc4oc23)c1. The fourth-order valence-electron chi connectivity index (χ4n) is 10.8. The van der Waals surface area contributed by atoms with Crippen molar-refractivity contribution in [3.05, 3.63) is 217 Å². The summed E-state index contributed by atoms with van der Waals surface area (Å²) in [6.45, 7) is 15.9. The third kappa shape index (κ3) is 8.06. The lowest BCUT2D eigenvalue weighted by atomic mass is 9.82. The van der Waals surface area contributed by atoms with E-state index in [-0.39, 0.29) is 11.2 Å². The van der Waals surface area contributed by atoms with Gasteiger partial charge in [0.05, 0.1) is 28.0 Å². The molecule has 0 aliphatic carbocycles. The summed E-state index contributed by atoms with van der Waals surface area (Å²) >= 11 is 0. The summed E-state index contributed by atoms with van der Waals surface area (Å²) in [6.07, 6.45) is 0. The number of hydrogen-bond acceptors (Lipinski definition) is 4. The van der Waals surface area contributed by atoms with E-state index in [1.54, 1.807) is 6.07 Å². The average Bonchev–Trinajstić information content (AvgIpc) is 3.99. The highest BCUT2D eigenvalue weighted by Crippen LogP contribution is 2.44. The minimum Gasteiger partial charge on any atom is -0.507 e. The predicted octanol–water partition coefficient (Wildman–Crippen LogP) is 18.7. The second-order valence-electron chi connectivity index (χ2n) is 21.1. The van der Waals surface area contributed by atoms with Crippen molar-refractivity contribution in [1.29, 1.82) is 0 Å². The molecule has 0 unspecified atom stereocenters.